The third kappa shape index (κ3) is 4.70. The first-order valence-corrected chi connectivity index (χ1v) is 10.1. The Balaban J connectivity index is 1.75. The van der Waals surface area contributed by atoms with Gasteiger partial charge in [-0.05, 0) is 50.9 Å². The fourth-order valence-electron chi connectivity index (χ4n) is 3.89. The van der Waals surface area contributed by atoms with Gasteiger partial charge in [0.05, 0.1) is 24.7 Å². The Bertz CT molecular complexity index is 970. The van der Waals surface area contributed by atoms with Crippen LogP contribution in [0.1, 0.15) is 31.2 Å². The summed E-state index contributed by atoms with van der Waals surface area (Å²) in [6, 6.07) is 3.21. The van der Waals surface area contributed by atoms with Gasteiger partial charge in [-0.15, -0.1) is 0 Å². The molecular weight excluding hydrogens is 395 g/mol. The molecule has 0 amide bonds. The van der Waals surface area contributed by atoms with Gasteiger partial charge in [0.15, 0.2) is 0 Å². The molecule has 0 radical (unpaired) electrons. The van der Waals surface area contributed by atoms with Crippen LogP contribution in [0.5, 0.6) is 5.75 Å². The molecule has 1 aromatic heterocycles. The molecule has 1 aromatic carbocycles. The Hall–Kier alpha value is -2.73. The molecule has 0 saturated carbocycles. The quantitative estimate of drug-likeness (QED) is 0.604. The second kappa shape index (κ2) is 8.56. The molecule has 30 heavy (non-hydrogen) atoms. The van der Waals surface area contributed by atoms with E-state index < -0.39 is 6.30 Å². The molecule has 160 valence electrons. The Kier molecular flexibility index (Phi) is 5.86. The Labute approximate surface area is 173 Å². The molecule has 3 heterocycles. The fraction of sp³-hybridized carbons (Fsp3) is 0.524. The minimum Gasteiger partial charge on any atom is -0.495 e. The minimum atomic E-state index is -4.61. The van der Waals surface area contributed by atoms with Crippen molar-refractivity contribution in [3.63, 3.8) is 0 Å². The number of hydrogen-bond donors (Lipinski definition) is 1. The summed E-state index contributed by atoms with van der Waals surface area (Å²) in [5, 5.41) is 1.81. The van der Waals surface area contributed by atoms with Gasteiger partial charge in [-0.1, -0.05) is 11.8 Å². The summed E-state index contributed by atoms with van der Waals surface area (Å²) in [7, 11) is 1.48. The number of rotatable bonds is 4. The van der Waals surface area contributed by atoms with Crippen LogP contribution >= 0.6 is 0 Å². The normalized spacial score (nSPS) is 17.3. The van der Waals surface area contributed by atoms with Crippen LogP contribution in [0.25, 0.3) is 10.9 Å². The molecule has 6 nitrogen and oxygen atoms in total. The van der Waals surface area contributed by atoms with Crippen molar-refractivity contribution >= 4 is 22.7 Å². The summed E-state index contributed by atoms with van der Waals surface area (Å²) in [5.41, 5.74) is 1.01. The highest BCUT2D eigenvalue weighted by Crippen LogP contribution is 2.33. The number of halogens is 3. The number of benzene rings is 1. The highest BCUT2D eigenvalue weighted by Gasteiger charge is 2.30. The van der Waals surface area contributed by atoms with Crippen LogP contribution in [-0.4, -0.2) is 61.0 Å². The monoisotopic (exact) mass is 419 g/mol. The van der Waals surface area contributed by atoms with Gasteiger partial charge >= 0.3 is 6.30 Å². The van der Waals surface area contributed by atoms with Gasteiger partial charge in [-0.3, -0.25) is 10.2 Å². The van der Waals surface area contributed by atoms with Gasteiger partial charge in [0, 0.05) is 18.5 Å². The van der Waals surface area contributed by atoms with Crippen LogP contribution in [-0.2, 0) is 0 Å². The highest BCUT2D eigenvalue weighted by atomic mass is 19.4. The third-order valence-corrected chi connectivity index (χ3v) is 5.38. The first kappa shape index (κ1) is 20.5. The molecule has 2 saturated heterocycles. The van der Waals surface area contributed by atoms with E-state index in [2.05, 4.69) is 26.7 Å². The van der Waals surface area contributed by atoms with Gasteiger partial charge in [0.1, 0.15) is 11.6 Å². The molecule has 4 rings (SSSR count). The number of hydrogen-bond acceptors (Lipinski definition) is 6. The molecule has 0 aliphatic carbocycles. The molecule has 0 atom stereocenters. The van der Waals surface area contributed by atoms with Gasteiger partial charge in [-0.2, -0.15) is 18.2 Å². The first-order chi connectivity index (χ1) is 14.4. The third-order valence-electron chi connectivity index (χ3n) is 5.38. The number of aromatic nitrogens is 2. The van der Waals surface area contributed by atoms with E-state index in [0.717, 1.165) is 39.0 Å². The van der Waals surface area contributed by atoms with E-state index in [1.54, 1.807) is 11.4 Å². The summed E-state index contributed by atoms with van der Waals surface area (Å²) in [6.07, 6.45) is -0.290. The smallest absolute Gasteiger partial charge is 0.483 e. The van der Waals surface area contributed by atoms with Crippen LogP contribution in [0.15, 0.2) is 12.1 Å². The lowest BCUT2D eigenvalue weighted by atomic mass is 10.1. The van der Waals surface area contributed by atoms with E-state index in [9.17, 15) is 13.2 Å². The molecule has 0 spiro atoms. The number of fused-ring (bicyclic) bond motifs is 1. The second-order valence-corrected chi connectivity index (χ2v) is 7.54. The number of likely N-dealkylation sites (tertiary alicyclic amines) is 1. The SMILES string of the molecule is COc1cc2c(NC(F)(F)F)nc(N3CCCC3)nc2cc1C#CCN1CCCC1. The molecule has 2 aliphatic rings. The van der Waals surface area contributed by atoms with E-state index in [1.165, 1.54) is 26.0 Å². The Morgan fingerprint density at radius 1 is 1.07 bits per heavy atom. The predicted octanol–water partition coefficient (Wildman–Crippen LogP) is 3.62. The van der Waals surface area contributed by atoms with Gasteiger partial charge < -0.3 is 9.64 Å². The molecular formula is C21H24F3N5O. The lowest BCUT2D eigenvalue weighted by Crippen LogP contribution is -2.24. The van der Waals surface area contributed by atoms with Crippen molar-refractivity contribution < 1.29 is 17.9 Å². The minimum absolute atomic E-state index is 0.247. The Morgan fingerprint density at radius 3 is 2.43 bits per heavy atom. The zero-order valence-electron chi connectivity index (χ0n) is 16.8. The maximum absolute atomic E-state index is 13.1. The highest BCUT2D eigenvalue weighted by molar-refractivity contribution is 5.92. The van der Waals surface area contributed by atoms with E-state index in [-0.39, 0.29) is 11.2 Å². The van der Waals surface area contributed by atoms with Crippen LogP contribution in [0.3, 0.4) is 0 Å². The summed E-state index contributed by atoms with van der Waals surface area (Å²) in [4.78, 5) is 12.9. The second-order valence-electron chi connectivity index (χ2n) is 7.54. The molecule has 2 fully saturated rings. The van der Waals surface area contributed by atoms with Crippen molar-refractivity contribution in [2.45, 2.75) is 32.0 Å². The van der Waals surface area contributed by atoms with Crippen molar-refractivity contribution in [1.29, 1.82) is 0 Å². The van der Waals surface area contributed by atoms with Crippen molar-refractivity contribution in [3.8, 4) is 17.6 Å². The molecule has 9 heteroatoms. The number of methoxy groups -OCH3 is 1. The van der Waals surface area contributed by atoms with Crippen LogP contribution in [0.2, 0.25) is 0 Å². The molecule has 2 aromatic rings. The van der Waals surface area contributed by atoms with Gasteiger partial charge in [0.2, 0.25) is 5.95 Å². The summed E-state index contributed by atoms with van der Waals surface area (Å²) < 4.78 is 44.7. The van der Waals surface area contributed by atoms with Crippen molar-refractivity contribution in [3.05, 3.63) is 17.7 Å². The van der Waals surface area contributed by atoms with Crippen molar-refractivity contribution in [1.82, 2.24) is 14.9 Å². The maximum Gasteiger partial charge on any atom is 0.483 e. The molecule has 1 N–H and O–H groups in total. The molecule has 2 aliphatic heterocycles. The lowest BCUT2D eigenvalue weighted by Gasteiger charge is -2.19. The van der Waals surface area contributed by atoms with Gasteiger partial charge in [0.25, 0.3) is 0 Å². The van der Waals surface area contributed by atoms with Crippen LogP contribution in [0, 0.1) is 11.8 Å². The average Bonchev–Trinajstić information content (AvgIpc) is 3.40. The van der Waals surface area contributed by atoms with Gasteiger partial charge in [-0.25, -0.2) is 4.98 Å². The van der Waals surface area contributed by atoms with Crippen LogP contribution < -0.4 is 15.0 Å². The summed E-state index contributed by atoms with van der Waals surface area (Å²) in [6.45, 7) is 4.21. The number of nitrogens with zero attached hydrogens (tertiary/aromatic N) is 4. The topological polar surface area (TPSA) is 53.5 Å². The van der Waals surface area contributed by atoms with Crippen molar-refractivity contribution in [2.24, 2.45) is 0 Å². The fourth-order valence-corrected chi connectivity index (χ4v) is 3.89. The Morgan fingerprint density at radius 2 is 1.77 bits per heavy atom. The zero-order chi connectivity index (χ0) is 21.1. The number of ether oxygens (including phenoxy) is 1. The standard InChI is InChI=1S/C21H24F3N5O/c1-30-18-14-16-17(13-15(18)7-6-10-28-8-2-3-9-28)25-20(29-11-4-5-12-29)26-19(16)27-21(22,23)24/h13-14H,2-5,8-12H2,1H3,(H,25,26,27). The maximum atomic E-state index is 13.1. The number of anilines is 2. The van der Waals surface area contributed by atoms with E-state index in [1.807, 2.05) is 4.90 Å². The largest absolute Gasteiger partial charge is 0.495 e. The average molecular weight is 419 g/mol. The van der Waals surface area contributed by atoms with E-state index in [0.29, 0.717) is 29.3 Å². The van der Waals surface area contributed by atoms with E-state index >= 15 is 0 Å². The first-order valence-electron chi connectivity index (χ1n) is 10.1. The molecule has 0 unspecified atom stereocenters. The lowest BCUT2D eigenvalue weighted by molar-refractivity contribution is -0.100. The molecule has 0 bridgehead atoms. The predicted molar refractivity (Wildman–Crippen MR) is 110 cm³/mol. The van der Waals surface area contributed by atoms with E-state index in [4.69, 9.17) is 4.74 Å². The number of nitrogens with one attached hydrogen (secondary N) is 1. The zero-order valence-corrected chi connectivity index (χ0v) is 16.8. The van der Waals surface area contributed by atoms with Crippen molar-refractivity contribution in [2.75, 3.05) is 50.1 Å². The van der Waals surface area contributed by atoms with Crippen LogP contribution in [0.4, 0.5) is 24.9 Å². The summed E-state index contributed by atoms with van der Waals surface area (Å²) >= 11 is 0. The summed E-state index contributed by atoms with van der Waals surface area (Å²) in [5.74, 6) is 6.69. The number of alkyl halides is 3.